The standard InChI is InChI=1S/C5H15F5N5O5P5/c1-16-21(6)11-22(7,17-2)13-24(9,19-4)15-25(10,20-5)14-23(8,12-21)18-3/h1-5H3. The fourth-order valence-electron chi connectivity index (χ4n) is 1.13. The fraction of sp³-hybridized carbons (Fsp3) is 1.00. The molecule has 1 heterocycles. The molecule has 0 aromatic rings. The molecular formula is C5H15F5N5O5P5. The largest absolute Gasteiger partial charge is 0.387 e. The molecular weight excluding hydrogens is 460 g/mol. The number of hydrogen-bond acceptors (Lipinski definition) is 10. The minimum absolute atomic E-state index is 0.680. The first kappa shape index (κ1) is 23.6. The van der Waals surface area contributed by atoms with Crippen LogP contribution in [0.3, 0.4) is 0 Å². The van der Waals surface area contributed by atoms with Crippen molar-refractivity contribution in [1.29, 1.82) is 0 Å². The highest BCUT2D eigenvalue weighted by Gasteiger charge is 2.40. The zero-order valence-corrected chi connectivity index (χ0v) is 17.9. The quantitative estimate of drug-likeness (QED) is 0.298. The summed E-state index contributed by atoms with van der Waals surface area (Å²) in [4.78, 5) is 0. The summed E-state index contributed by atoms with van der Waals surface area (Å²) in [6.45, 7) is 0. The molecule has 0 amide bonds. The van der Waals surface area contributed by atoms with Crippen molar-refractivity contribution in [3.63, 3.8) is 0 Å². The van der Waals surface area contributed by atoms with Gasteiger partial charge in [-0.05, 0) is 0 Å². The second kappa shape index (κ2) is 8.31. The lowest BCUT2D eigenvalue weighted by Crippen LogP contribution is -1.85. The van der Waals surface area contributed by atoms with Crippen LogP contribution < -0.4 is 0 Å². The van der Waals surface area contributed by atoms with Crippen LogP contribution in [0.4, 0.5) is 21.0 Å². The van der Waals surface area contributed by atoms with E-state index in [1.165, 1.54) is 0 Å². The van der Waals surface area contributed by atoms with Crippen LogP contribution in [-0.4, -0.2) is 35.5 Å². The second-order valence-electron chi connectivity index (χ2n) is 3.72. The minimum atomic E-state index is -5.16. The maximum Gasteiger partial charge on any atom is 0.387 e. The van der Waals surface area contributed by atoms with Gasteiger partial charge < -0.3 is 22.6 Å². The maximum atomic E-state index is 14.7. The average Bonchev–Trinajstić information content (AvgIpc) is 2.53. The molecule has 0 unspecified atom stereocenters. The summed E-state index contributed by atoms with van der Waals surface area (Å²) in [5.41, 5.74) is 0. The molecule has 0 atom stereocenters. The molecule has 1 aliphatic rings. The predicted octanol–water partition coefficient (Wildman–Crippen LogP) is 7.81. The van der Waals surface area contributed by atoms with Crippen molar-refractivity contribution < 1.29 is 43.6 Å². The highest BCUT2D eigenvalue weighted by molar-refractivity contribution is 7.78. The number of nitrogens with zero attached hydrogens (tertiary/aromatic N) is 5. The molecule has 0 saturated heterocycles. The van der Waals surface area contributed by atoms with E-state index in [9.17, 15) is 21.0 Å². The van der Waals surface area contributed by atoms with Gasteiger partial charge >= 0.3 is 38.7 Å². The third kappa shape index (κ3) is 6.04. The molecule has 25 heavy (non-hydrogen) atoms. The zero-order chi connectivity index (χ0) is 19.6. The topological polar surface area (TPSA) is 108 Å². The molecule has 1 rings (SSSR count). The first-order valence-corrected chi connectivity index (χ1v) is 13.3. The normalized spacial score (nSPS) is 45.2. The van der Waals surface area contributed by atoms with Gasteiger partial charge in [-0.25, -0.2) is 0 Å². The number of hydrogen-bond donors (Lipinski definition) is 0. The molecule has 0 spiro atoms. The maximum absolute atomic E-state index is 14.7. The van der Waals surface area contributed by atoms with Crippen LogP contribution in [0, 0.1) is 0 Å². The SMILES string of the molecule is COP1(F)=NP(F)(OC)=NP(F)(OC)=NP(F)(OC)=NP(F)(OC)=N1. The monoisotopic (exact) mass is 475 g/mol. The van der Waals surface area contributed by atoms with Crippen molar-refractivity contribution in [3.05, 3.63) is 0 Å². The van der Waals surface area contributed by atoms with Gasteiger partial charge in [0.1, 0.15) is 0 Å². The van der Waals surface area contributed by atoms with Crippen LogP contribution in [0.5, 0.6) is 0 Å². The summed E-state index contributed by atoms with van der Waals surface area (Å²) in [5.74, 6) is 0. The van der Waals surface area contributed by atoms with Gasteiger partial charge in [0.15, 0.2) is 0 Å². The molecule has 0 N–H and O–H groups in total. The lowest BCUT2D eigenvalue weighted by Gasteiger charge is -2.20. The number of rotatable bonds is 5. The molecule has 0 saturated carbocycles. The minimum Gasteiger partial charge on any atom is -0.306 e. The lowest BCUT2D eigenvalue weighted by molar-refractivity contribution is 0.395. The average molecular weight is 475 g/mol. The highest BCUT2D eigenvalue weighted by Crippen LogP contribution is 2.81. The Morgan fingerprint density at radius 1 is 0.400 bits per heavy atom. The van der Waals surface area contributed by atoms with Gasteiger partial charge in [0, 0.05) is 35.5 Å². The van der Waals surface area contributed by atoms with Crippen molar-refractivity contribution in [3.8, 4) is 0 Å². The van der Waals surface area contributed by atoms with Crippen molar-refractivity contribution >= 4 is 38.7 Å². The summed E-state index contributed by atoms with van der Waals surface area (Å²) in [6, 6.07) is 0. The summed E-state index contributed by atoms with van der Waals surface area (Å²) in [5, 5.41) is 0. The molecule has 10 nitrogen and oxygen atoms in total. The van der Waals surface area contributed by atoms with E-state index in [2.05, 4.69) is 45.2 Å². The van der Waals surface area contributed by atoms with Crippen molar-refractivity contribution in [2.75, 3.05) is 35.5 Å². The second-order valence-corrected chi connectivity index (χ2v) is 13.9. The third-order valence-electron chi connectivity index (χ3n) is 2.26. The van der Waals surface area contributed by atoms with E-state index in [1.54, 1.807) is 0 Å². The van der Waals surface area contributed by atoms with Gasteiger partial charge in [-0.15, -0.1) is 22.6 Å². The zero-order valence-electron chi connectivity index (χ0n) is 13.4. The van der Waals surface area contributed by atoms with Gasteiger partial charge in [0.05, 0.1) is 0 Å². The Kier molecular flexibility index (Phi) is 7.86. The van der Waals surface area contributed by atoms with Crippen molar-refractivity contribution in [2.24, 2.45) is 22.6 Å². The van der Waals surface area contributed by atoms with E-state index in [1.807, 2.05) is 0 Å². The van der Waals surface area contributed by atoms with Gasteiger partial charge in [-0.1, -0.05) is 0 Å². The summed E-state index contributed by atoms with van der Waals surface area (Å²) in [6.07, 6.45) is 0. The fourth-order valence-corrected chi connectivity index (χ4v) is 11.8. The highest BCUT2D eigenvalue weighted by atomic mass is 31.3. The molecule has 150 valence electrons. The van der Waals surface area contributed by atoms with E-state index < -0.39 is 38.7 Å². The molecule has 20 heteroatoms. The van der Waals surface area contributed by atoms with Crippen LogP contribution in [0.2, 0.25) is 0 Å². The van der Waals surface area contributed by atoms with Crippen molar-refractivity contribution in [1.82, 2.24) is 0 Å². The van der Waals surface area contributed by atoms with E-state index in [4.69, 9.17) is 0 Å². The van der Waals surface area contributed by atoms with Crippen LogP contribution >= 0.6 is 38.7 Å². The van der Waals surface area contributed by atoms with Crippen LogP contribution in [-0.2, 0) is 22.6 Å². The Morgan fingerprint density at radius 3 is 0.600 bits per heavy atom. The molecule has 0 aromatic carbocycles. The Hall–Kier alpha value is 0.600. The van der Waals surface area contributed by atoms with Crippen LogP contribution in [0.1, 0.15) is 0 Å². The Morgan fingerprint density at radius 2 is 0.520 bits per heavy atom. The summed E-state index contributed by atoms with van der Waals surface area (Å²) >= 11 is 0. The van der Waals surface area contributed by atoms with E-state index in [0.29, 0.717) is 35.5 Å². The molecule has 0 aromatic heterocycles. The van der Waals surface area contributed by atoms with E-state index in [0.717, 1.165) is 0 Å². The smallest absolute Gasteiger partial charge is 0.306 e. The summed E-state index contributed by atoms with van der Waals surface area (Å²) < 4.78 is 109. The third-order valence-corrected chi connectivity index (χ3v) is 13.4. The Bertz CT molecular complexity index is 622. The summed E-state index contributed by atoms with van der Waals surface area (Å²) in [7, 11) is -22.4. The molecule has 0 bridgehead atoms. The van der Waals surface area contributed by atoms with Crippen LogP contribution in [0.15, 0.2) is 22.6 Å². The van der Waals surface area contributed by atoms with Gasteiger partial charge in [-0.3, -0.25) is 0 Å². The molecule has 0 radical (unpaired) electrons. The first-order chi connectivity index (χ1) is 11.3. The van der Waals surface area contributed by atoms with E-state index >= 15 is 0 Å². The lowest BCUT2D eigenvalue weighted by atomic mass is 11.8. The van der Waals surface area contributed by atoms with Gasteiger partial charge in [0.25, 0.3) is 0 Å². The Balaban J connectivity index is 4.18. The predicted molar refractivity (Wildman–Crippen MR) is 87.3 cm³/mol. The molecule has 0 aliphatic carbocycles. The van der Waals surface area contributed by atoms with Gasteiger partial charge in [0.2, 0.25) is 0 Å². The first-order valence-electron chi connectivity index (χ1n) is 5.80. The molecule has 0 fully saturated rings. The van der Waals surface area contributed by atoms with Gasteiger partial charge in [-0.2, -0.15) is 21.0 Å². The number of halogens is 5. The van der Waals surface area contributed by atoms with Crippen molar-refractivity contribution in [2.45, 2.75) is 0 Å². The molecule has 1 aliphatic heterocycles. The Labute approximate surface area is 141 Å². The van der Waals surface area contributed by atoms with E-state index in [-0.39, 0.29) is 0 Å². The van der Waals surface area contributed by atoms with Crippen LogP contribution in [0.25, 0.3) is 0 Å².